The fraction of sp³-hybridized carbons (Fsp3) is 0.381. The second kappa shape index (κ2) is 7.75. The molecule has 1 aliphatic rings. The van der Waals surface area contributed by atoms with Gasteiger partial charge in [0.2, 0.25) is 0 Å². The van der Waals surface area contributed by atoms with Crippen molar-refractivity contribution in [3.63, 3.8) is 0 Å². The quantitative estimate of drug-likeness (QED) is 0.616. The molecule has 6 nitrogen and oxygen atoms in total. The molecule has 146 valence electrons. The van der Waals surface area contributed by atoms with Crippen LogP contribution >= 0.6 is 11.3 Å². The van der Waals surface area contributed by atoms with E-state index in [0.717, 1.165) is 42.5 Å². The van der Waals surface area contributed by atoms with Crippen molar-refractivity contribution in [2.45, 2.75) is 46.1 Å². The van der Waals surface area contributed by atoms with Crippen LogP contribution < -0.4 is 10.3 Å². The molecule has 0 N–H and O–H groups in total. The van der Waals surface area contributed by atoms with Gasteiger partial charge in [0.15, 0.2) is 11.6 Å². The fourth-order valence-corrected chi connectivity index (χ4v) is 4.80. The molecule has 7 heteroatoms. The Kier molecular flexibility index (Phi) is 5.17. The summed E-state index contributed by atoms with van der Waals surface area (Å²) >= 11 is 1.56. The summed E-state index contributed by atoms with van der Waals surface area (Å²) in [6, 6.07) is 7.23. The maximum absolute atomic E-state index is 12.5. The van der Waals surface area contributed by atoms with Crippen molar-refractivity contribution >= 4 is 22.3 Å². The molecule has 2 heterocycles. The number of thiazole rings is 1. The Morgan fingerprint density at radius 1 is 1.14 bits per heavy atom. The van der Waals surface area contributed by atoms with E-state index in [0.29, 0.717) is 16.4 Å². The lowest BCUT2D eigenvalue weighted by atomic mass is 10.0. The van der Waals surface area contributed by atoms with E-state index in [2.05, 4.69) is 4.98 Å². The van der Waals surface area contributed by atoms with Crippen molar-refractivity contribution in [2.75, 3.05) is 6.61 Å². The largest absolute Gasteiger partial charge is 0.482 e. The molecule has 0 radical (unpaired) electrons. The molecule has 0 unspecified atom stereocenters. The second-order valence-corrected chi connectivity index (χ2v) is 8.22. The van der Waals surface area contributed by atoms with Gasteiger partial charge in [-0.2, -0.15) is 0 Å². The molecule has 0 atom stereocenters. The summed E-state index contributed by atoms with van der Waals surface area (Å²) in [5.41, 5.74) is 3.58. The van der Waals surface area contributed by atoms with Gasteiger partial charge in [-0.05, 0) is 62.8 Å². The molecule has 0 fully saturated rings. The number of hydrogen-bond donors (Lipinski definition) is 0. The van der Waals surface area contributed by atoms with Crippen molar-refractivity contribution in [1.29, 1.82) is 0 Å². The molecular weight excluding hydrogens is 376 g/mol. The van der Waals surface area contributed by atoms with Crippen LogP contribution in [0.2, 0.25) is 0 Å². The Balaban J connectivity index is 1.41. The third-order valence-corrected chi connectivity index (χ3v) is 5.89. The molecule has 1 aliphatic carbocycles. The Labute approximate surface area is 166 Å². The third-order valence-electron chi connectivity index (χ3n) is 4.75. The van der Waals surface area contributed by atoms with Crippen LogP contribution in [0.15, 0.2) is 29.1 Å². The van der Waals surface area contributed by atoms with Crippen LogP contribution in [-0.2, 0) is 29.0 Å². The van der Waals surface area contributed by atoms with Gasteiger partial charge in [0.05, 0.1) is 5.69 Å². The van der Waals surface area contributed by atoms with Gasteiger partial charge in [-0.3, -0.25) is 9.20 Å². The Morgan fingerprint density at radius 2 is 1.89 bits per heavy atom. The second-order valence-electron chi connectivity index (χ2n) is 7.16. The normalized spacial score (nSPS) is 13.4. The van der Waals surface area contributed by atoms with Crippen LogP contribution in [0.3, 0.4) is 0 Å². The van der Waals surface area contributed by atoms with Gasteiger partial charge < -0.3 is 9.47 Å². The van der Waals surface area contributed by atoms with E-state index < -0.39 is 5.97 Å². The summed E-state index contributed by atoms with van der Waals surface area (Å²) in [5, 5.41) is 0. The Bertz CT molecular complexity index is 1080. The van der Waals surface area contributed by atoms with E-state index in [4.69, 9.17) is 9.47 Å². The van der Waals surface area contributed by atoms with Gasteiger partial charge in [0.25, 0.3) is 5.56 Å². The summed E-state index contributed by atoms with van der Waals surface area (Å²) in [7, 11) is 0. The lowest BCUT2D eigenvalue weighted by molar-refractivity contribution is -0.147. The highest BCUT2D eigenvalue weighted by Crippen LogP contribution is 2.28. The molecule has 0 bridgehead atoms. The lowest BCUT2D eigenvalue weighted by Crippen LogP contribution is -2.19. The highest BCUT2D eigenvalue weighted by atomic mass is 32.1. The Hall–Kier alpha value is -2.67. The van der Waals surface area contributed by atoms with Crippen LogP contribution in [0.1, 0.15) is 40.2 Å². The highest BCUT2D eigenvalue weighted by molar-refractivity contribution is 7.17. The monoisotopic (exact) mass is 398 g/mol. The van der Waals surface area contributed by atoms with E-state index in [1.54, 1.807) is 15.7 Å². The number of aryl methyl sites for hydroxylation is 4. The molecule has 3 aromatic rings. The first-order valence-corrected chi connectivity index (χ1v) is 10.2. The summed E-state index contributed by atoms with van der Waals surface area (Å²) in [6.07, 6.45) is 4.18. The first kappa shape index (κ1) is 18.7. The van der Waals surface area contributed by atoms with Gasteiger partial charge in [0, 0.05) is 16.6 Å². The summed E-state index contributed by atoms with van der Waals surface area (Å²) in [4.78, 5) is 31.0. The van der Waals surface area contributed by atoms with Gasteiger partial charge in [-0.25, -0.2) is 9.78 Å². The predicted molar refractivity (Wildman–Crippen MR) is 107 cm³/mol. The van der Waals surface area contributed by atoms with Crippen molar-refractivity contribution in [3.05, 3.63) is 62.0 Å². The van der Waals surface area contributed by atoms with E-state index in [-0.39, 0.29) is 18.8 Å². The number of rotatable bonds is 5. The summed E-state index contributed by atoms with van der Waals surface area (Å²) in [6.45, 7) is 3.72. The molecule has 0 saturated heterocycles. The van der Waals surface area contributed by atoms with Crippen molar-refractivity contribution in [3.8, 4) is 5.75 Å². The Morgan fingerprint density at radius 3 is 2.68 bits per heavy atom. The van der Waals surface area contributed by atoms with Crippen LogP contribution in [0.25, 0.3) is 4.96 Å². The minimum Gasteiger partial charge on any atom is -0.482 e. The van der Waals surface area contributed by atoms with Crippen molar-refractivity contribution < 1.29 is 14.3 Å². The lowest BCUT2D eigenvalue weighted by Gasteiger charge is -2.10. The number of fused-ring (bicyclic) bond motifs is 3. The number of hydrogen-bond acceptors (Lipinski definition) is 6. The number of aromatic nitrogens is 2. The first-order valence-electron chi connectivity index (χ1n) is 9.39. The number of benzene rings is 1. The summed E-state index contributed by atoms with van der Waals surface area (Å²) in [5.74, 6) is 0.142. The zero-order valence-corrected chi connectivity index (χ0v) is 16.8. The first-order chi connectivity index (χ1) is 13.5. The molecule has 0 spiro atoms. The SMILES string of the molecule is Cc1cc(C)cc(OCC(=O)OCc2cc(=O)n3c4c(sc3n2)CCCC4)c1. The number of carbonyl (C=O) groups is 1. The molecule has 4 rings (SSSR count). The molecule has 2 aromatic heterocycles. The van der Waals surface area contributed by atoms with Crippen LogP contribution in [0, 0.1) is 13.8 Å². The molecule has 0 aliphatic heterocycles. The average Bonchev–Trinajstić information content (AvgIpc) is 3.03. The molecular formula is C21H22N2O4S. The number of nitrogens with zero attached hydrogens (tertiary/aromatic N) is 2. The maximum atomic E-state index is 12.5. The van der Waals surface area contributed by atoms with Gasteiger partial charge in [-0.1, -0.05) is 6.07 Å². The van der Waals surface area contributed by atoms with E-state index in [9.17, 15) is 9.59 Å². The smallest absolute Gasteiger partial charge is 0.344 e. The van der Waals surface area contributed by atoms with Gasteiger partial charge in [-0.15, -0.1) is 11.3 Å². The van der Waals surface area contributed by atoms with Gasteiger partial charge >= 0.3 is 5.97 Å². The minimum absolute atomic E-state index is 0.0383. The zero-order chi connectivity index (χ0) is 19.7. The van der Waals surface area contributed by atoms with Crippen LogP contribution in [-0.4, -0.2) is 22.0 Å². The number of esters is 1. The molecule has 0 amide bonds. The summed E-state index contributed by atoms with van der Waals surface area (Å²) < 4.78 is 12.5. The number of ether oxygens (including phenoxy) is 2. The standard InChI is InChI=1S/C21H22N2O4S/c1-13-7-14(2)9-16(8-13)26-12-20(25)27-11-15-10-19(24)23-17-5-3-4-6-18(17)28-21(23)22-15/h7-10H,3-6,11-12H2,1-2H3. The van der Waals surface area contributed by atoms with E-state index in [1.165, 1.54) is 10.9 Å². The zero-order valence-electron chi connectivity index (χ0n) is 16.0. The van der Waals surface area contributed by atoms with E-state index >= 15 is 0 Å². The molecule has 0 saturated carbocycles. The van der Waals surface area contributed by atoms with Crippen LogP contribution in [0.5, 0.6) is 5.75 Å². The van der Waals surface area contributed by atoms with E-state index in [1.807, 2.05) is 32.0 Å². The minimum atomic E-state index is -0.494. The van der Waals surface area contributed by atoms with Crippen molar-refractivity contribution in [1.82, 2.24) is 9.38 Å². The maximum Gasteiger partial charge on any atom is 0.344 e. The highest BCUT2D eigenvalue weighted by Gasteiger charge is 2.18. The molecule has 1 aromatic carbocycles. The van der Waals surface area contributed by atoms with Gasteiger partial charge in [0.1, 0.15) is 12.4 Å². The fourth-order valence-electron chi connectivity index (χ4n) is 3.57. The number of carbonyl (C=O) groups excluding carboxylic acids is 1. The third kappa shape index (κ3) is 3.94. The average molecular weight is 398 g/mol. The van der Waals surface area contributed by atoms with Crippen molar-refractivity contribution in [2.24, 2.45) is 0 Å². The van der Waals surface area contributed by atoms with Crippen LogP contribution in [0.4, 0.5) is 0 Å². The predicted octanol–water partition coefficient (Wildman–Crippen LogP) is 3.37. The molecule has 28 heavy (non-hydrogen) atoms. The topological polar surface area (TPSA) is 69.9 Å².